The number of alkyl halides is 3. The molecule has 6 heteroatoms. The van der Waals surface area contributed by atoms with Crippen molar-refractivity contribution in [1.82, 2.24) is 4.98 Å². The van der Waals surface area contributed by atoms with Gasteiger partial charge >= 0.3 is 6.18 Å². The summed E-state index contributed by atoms with van der Waals surface area (Å²) < 4.78 is 37.8. The van der Waals surface area contributed by atoms with Gasteiger partial charge in [0.1, 0.15) is 5.82 Å². The van der Waals surface area contributed by atoms with Gasteiger partial charge < -0.3 is 5.32 Å². The summed E-state index contributed by atoms with van der Waals surface area (Å²) in [5.41, 5.74) is -0.719. The van der Waals surface area contributed by atoms with Crippen LogP contribution >= 0.6 is 11.8 Å². The van der Waals surface area contributed by atoms with Gasteiger partial charge in [0.25, 0.3) is 0 Å². The molecule has 2 nitrogen and oxygen atoms in total. The first-order chi connectivity index (χ1) is 7.45. The van der Waals surface area contributed by atoms with Crippen molar-refractivity contribution in [1.29, 1.82) is 0 Å². The Labute approximate surface area is 96.6 Å². The van der Waals surface area contributed by atoms with Gasteiger partial charge in [-0.05, 0) is 25.3 Å². The lowest BCUT2D eigenvalue weighted by molar-refractivity contribution is -0.137. The molecule has 0 aliphatic heterocycles. The van der Waals surface area contributed by atoms with Crippen LogP contribution in [-0.4, -0.2) is 23.0 Å². The third-order valence-corrected chi connectivity index (χ3v) is 2.75. The second kappa shape index (κ2) is 5.43. The molecular formula is C10H13F3N2S. The van der Waals surface area contributed by atoms with E-state index in [0.29, 0.717) is 0 Å². The zero-order valence-electron chi connectivity index (χ0n) is 9.01. The van der Waals surface area contributed by atoms with Gasteiger partial charge in [0.05, 0.1) is 5.56 Å². The van der Waals surface area contributed by atoms with Crippen LogP contribution in [0.25, 0.3) is 0 Å². The van der Waals surface area contributed by atoms with E-state index >= 15 is 0 Å². The van der Waals surface area contributed by atoms with E-state index in [1.807, 2.05) is 13.2 Å². The van der Waals surface area contributed by atoms with Crippen molar-refractivity contribution < 1.29 is 13.2 Å². The van der Waals surface area contributed by atoms with Crippen molar-refractivity contribution in [3.05, 3.63) is 23.9 Å². The van der Waals surface area contributed by atoms with E-state index in [9.17, 15) is 13.2 Å². The molecule has 1 unspecified atom stereocenters. The number of nitrogens with zero attached hydrogens (tertiary/aromatic N) is 1. The van der Waals surface area contributed by atoms with Crippen molar-refractivity contribution in [2.75, 3.05) is 17.3 Å². The summed E-state index contributed by atoms with van der Waals surface area (Å²) >= 11 is 1.57. The second-order valence-corrected chi connectivity index (χ2v) is 4.31. The quantitative estimate of drug-likeness (QED) is 0.887. The van der Waals surface area contributed by atoms with E-state index in [0.717, 1.165) is 11.8 Å². The van der Waals surface area contributed by atoms with Crippen LogP contribution < -0.4 is 5.32 Å². The van der Waals surface area contributed by atoms with Crippen LogP contribution in [0.3, 0.4) is 0 Å². The molecule has 0 spiro atoms. The zero-order chi connectivity index (χ0) is 12.2. The lowest BCUT2D eigenvalue weighted by atomic mass is 10.2. The van der Waals surface area contributed by atoms with Gasteiger partial charge in [-0.15, -0.1) is 0 Å². The monoisotopic (exact) mass is 250 g/mol. The second-order valence-electron chi connectivity index (χ2n) is 3.40. The predicted octanol–water partition coefficient (Wildman–Crippen LogP) is 3.26. The average molecular weight is 250 g/mol. The first-order valence-electron chi connectivity index (χ1n) is 4.73. The largest absolute Gasteiger partial charge is 0.419 e. The predicted molar refractivity (Wildman–Crippen MR) is 60.7 cm³/mol. The molecule has 0 bridgehead atoms. The standard InChI is InChI=1S/C10H13F3N2S/c1-7(6-16-2)15-9-8(10(11,12)13)4-3-5-14-9/h3-5,7H,6H2,1-2H3,(H,14,15). The Kier molecular flexibility index (Phi) is 4.46. The van der Waals surface area contributed by atoms with E-state index in [-0.39, 0.29) is 11.9 Å². The molecule has 0 aliphatic carbocycles. The summed E-state index contributed by atoms with van der Waals surface area (Å²) in [7, 11) is 0. The maximum Gasteiger partial charge on any atom is 0.419 e. The fourth-order valence-electron chi connectivity index (χ4n) is 1.27. The summed E-state index contributed by atoms with van der Waals surface area (Å²) in [6.45, 7) is 1.82. The Morgan fingerprint density at radius 2 is 2.19 bits per heavy atom. The summed E-state index contributed by atoms with van der Waals surface area (Å²) in [6.07, 6.45) is -1.11. The van der Waals surface area contributed by atoms with Crippen molar-refractivity contribution in [3.63, 3.8) is 0 Å². The molecule has 0 radical (unpaired) electrons. The van der Waals surface area contributed by atoms with Crippen molar-refractivity contribution in [2.45, 2.75) is 19.1 Å². The smallest absolute Gasteiger partial charge is 0.366 e. The van der Waals surface area contributed by atoms with Crippen molar-refractivity contribution in [3.8, 4) is 0 Å². The minimum atomic E-state index is -4.37. The van der Waals surface area contributed by atoms with Gasteiger partial charge in [-0.25, -0.2) is 4.98 Å². The number of halogens is 3. The molecule has 1 atom stereocenters. The lowest BCUT2D eigenvalue weighted by Gasteiger charge is -2.17. The third kappa shape index (κ3) is 3.59. The van der Waals surface area contributed by atoms with E-state index in [1.165, 1.54) is 12.3 Å². The van der Waals surface area contributed by atoms with E-state index in [1.54, 1.807) is 11.8 Å². The molecule has 0 aromatic carbocycles. The van der Waals surface area contributed by atoms with Crippen LogP contribution in [0, 0.1) is 0 Å². The molecule has 0 amide bonds. The molecule has 1 rings (SSSR count). The van der Waals surface area contributed by atoms with Crippen molar-refractivity contribution in [2.24, 2.45) is 0 Å². The van der Waals surface area contributed by atoms with Crippen LogP contribution in [0.15, 0.2) is 18.3 Å². The first kappa shape index (κ1) is 13.2. The van der Waals surface area contributed by atoms with Crippen LogP contribution in [0.2, 0.25) is 0 Å². The number of aromatic nitrogens is 1. The number of pyridine rings is 1. The van der Waals surface area contributed by atoms with E-state index < -0.39 is 11.7 Å². The Balaban J connectivity index is 2.87. The maximum absolute atomic E-state index is 12.6. The van der Waals surface area contributed by atoms with Gasteiger partial charge in [-0.2, -0.15) is 24.9 Å². The normalized spacial score (nSPS) is 13.6. The number of rotatable bonds is 4. The highest BCUT2D eigenvalue weighted by molar-refractivity contribution is 7.98. The number of hydrogen-bond acceptors (Lipinski definition) is 3. The van der Waals surface area contributed by atoms with Gasteiger partial charge in [0.2, 0.25) is 0 Å². The van der Waals surface area contributed by atoms with Gasteiger partial charge in [0.15, 0.2) is 0 Å². The Morgan fingerprint density at radius 3 is 2.75 bits per heavy atom. The molecular weight excluding hydrogens is 237 g/mol. The van der Waals surface area contributed by atoms with Crippen LogP contribution in [0.1, 0.15) is 12.5 Å². The number of thioether (sulfide) groups is 1. The molecule has 1 heterocycles. The zero-order valence-corrected chi connectivity index (χ0v) is 9.82. The Hall–Kier alpha value is -0.910. The fourth-order valence-corrected chi connectivity index (χ4v) is 1.86. The summed E-state index contributed by atoms with van der Waals surface area (Å²) in [6, 6.07) is 2.26. The number of anilines is 1. The molecule has 0 saturated heterocycles. The molecule has 0 saturated carbocycles. The highest BCUT2D eigenvalue weighted by Gasteiger charge is 2.34. The van der Waals surface area contributed by atoms with E-state index in [2.05, 4.69) is 10.3 Å². The molecule has 1 aromatic rings. The summed E-state index contributed by atoms with van der Waals surface area (Å²) in [5.74, 6) is 0.630. The van der Waals surface area contributed by atoms with Gasteiger partial charge in [0, 0.05) is 18.0 Å². The van der Waals surface area contributed by atoms with Crippen molar-refractivity contribution >= 4 is 17.6 Å². The van der Waals surface area contributed by atoms with Crippen LogP contribution in [0.5, 0.6) is 0 Å². The van der Waals surface area contributed by atoms with E-state index in [4.69, 9.17) is 0 Å². The molecule has 0 aliphatic rings. The van der Waals surface area contributed by atoms with Crippen LogP contribution in [0.4, 0.5) is 19.0 Å². The highest BCUT2D eigenvalue weighted by Crippen LogP contribution is 2.33. The fraction of sp³-hybridized carbons (Fsp3) is 0.500. The van der Waals surface area contributed by atoms with Crippen LogP contribution in [-0.2, 0) is 6.18 Å². The molecule has 1 N–H and O–H groups in total. The third-order valence-electron chi connectivity index (χ3n) is 1.91. The first-order valence-corrected chi connectivity index (χ1v) is 6.12. The minimum Gasteiger partial charge on any atom is -0.366 e. The Bertz CT molecular complexity index is 341. The maximum atomic E-state index is 12.6. The summed E-state index contributed by atoms with van der Waals surface area (Å²) in [5, 5.41) is 2.77. The minimum absolute atomic E-state index is 0.0500. The SMILES string of the molecule is CSCC(C)Nc1ncccc1C(F)(F)F. The topological polar surface area (TPSA) is 24.9 Å². The van der Waals surface area contributed by atoms with Gasteiger partial charge in [-0.3, -0.25) is 0 Å². The van der Waals surface area contributed by atoms with Gasteiger partial charge in [-0.1, -0.05) is 0 Å². The highest BCUT2D eigenvalue weighted by atomic mass is 32.2. The average Bonchev–Trinajstić information content (AvgIpc) is 2.17. The lowest BCUT2D eigenvalue weighted by Crippen LogP contribution is -2.21. The number of nitrogens with one attached hydrogen (secondary N) is 1. The number of hydrogen-bond donors (Lipinski definition) is 1. The molecule has 16 heavy (non-hydrogen) atoms. The molecule has 1 aromatic heterocycles. The summed E-state index contributed by atoms with van der Waals surface area (Å²) in [4.78, 5) is 3.73. The molecule has 0 fully saturated rings. The Morgan fingerprint density at radius 1 is 1.50 bits per heavy atom. The molecule has 90 valence electrons.